The average Bonchev–Trinajstić information content (AvgIpc) is 2.42. The van der Waals surface area contributed by atoms with Gasteiger partial charge >= 0.3 is 0 Å². The van der Waals surface area contributed by atoms with Crippen LogP contribution >= 0.6 is 0 Å². The van der Waals surface area contributed by atoms with Crippen LogP contribution in [0.5, 0.6) is 0 Å². The Balaban J connectivity index is 2.01. The smallest absolute Gasteiger partial charge is 0.220 e. The van der Waals surface area contributed by atoms with Gasteiger partial charge in [-0.2, -0.15) is 0 Å². The second-order valence-corrected chi connectivity index (χ2v) is 6.41. The summed E-state index contributed by atoms with van der Waals surface area (Å²) < 4.78 is 0. The number of hydrogen-bond donors (Lipinski definition) is 1. The van der Waals surface area contributed by atoms with Gasteiger partial charge in [0.2, 0.25) is 5.91 Å². The number of hydrogen-bond acceptors (Lipinski definition) is 2. The van der Waals surface area contributed by atoms with E-state index >= 15 is 0 Å². The van der Waals surface area contributed by atoms with Gasteiger partial charge in [0.25, 0.3) is 0 Å². The zero-order chi connectivity index (χ0) is 14.1. The van der Waals surface area contributed by atoms with Crippen molar-refractivity contribution in [1.82, 2.24) is 10.2 Å². The number of nitrogens with zero attached hydrogens (tertiary/aromatic N) is 1. The zero-order valence-electron chi connectivity index (χ0n) is 13.1. The molecule has 0 radical (unpaired) electrons. The van der Waals surface area contributed by atoms with Gasteiger partial charge in [0.15, 0.2) is 0 Å². The van der Waals surface area contributed by atoms with Crippen molar-refractivity contribution < 1.29 is 4.79 Å². The summed E-state index contributed by atoms with van der Waals surface area (Å²) in [5.74, 6) is 0.831. The molecule has 3 heteroatoms. The largest absolute Gasteiger partial charge is 0.356 e. The average molecular weight is 268 g/mol. The standard InChI is InChI=1S/C16H32N2O/c1-14(2)10-11-16(19)17-12-7-13-18(3)15-8-5-4-6-9-15/h14-15H,4-13H2,1-3H3,(H,17,19). The van der Waals surface area contributed by atoms with Crippen LogP contribution in [0.1, 0.15) is 65.2 Å². The van der Waals surface area contributed by atoms with E-state index in [1.54, 1.807) is 0 Å². The van der Waals surface area contributed by atoms with Crippen LogP contribution in [0.2, 0.25) is 0 Å². The van der Waals surface area contributed by atoms with E-state index in [2.05, 4.69) is 31.1 Å². The SMILES string of the molecule is CC(C)CCC(=O)NCCCN(C)C1CCCCC1. The van der Waals surface area contributed by atoms with Crippen LogP contribution in [-0.2, 0) is 4.79 Å². The molecule has 0 aromatic carbocycles. The van der Waals surface area contributed by atoms with E-state index in [-0.39, 0.29) is 5.91 Å². The summed E-state index contributed by atoms with van der Waals surface area (Å²) in [6.45, 7) is 6.25. The molecule has 0 spiro atoms. The maximum atomic E-state index is 11.6. The van der Waals surface area contributed by atoms with E-state index in [1.165, 1.54) is 32.1 Å². The lowest BCUT2D eigenvalue weighted by atomic mass is 9.94. The topological polar surface area (TPSA) is 32.3 Å². The zero-order valence-corrected chi connectivity index (χ0v) is 13.1. The molecule has 1 amide bonds. The quantitative estimate of drug-likeness (QED) is 0.686. The first-order valence-corrected chi connectivity index (χ1v) is 8.06. The third kappa shape index (κ3) is 7.56. The van der Waals surface area contributed by atoms with Gasteiger partial charge in [0.05, 0.1) is 0 Å². The van der Waals surface area contributed by atoms with E-state index in [4.69, 9.17) is 0 Å². The first-order chi connectivity index (χ1) is 9.09. The molecule has 0 heterocycles. The van der Waals surface area contributed by atoms with Crippen LogP contribution in [-0.4, -0.2) is 37.0 Å². The molecule has 0 saturated heterocycles. The Kier molecular flexibility index (Phi) is 8.11. The van der Waals surface area contributed by atoms with E-state index in [9.17, 15) is 4.79 Å². The molecule has 1 aliphatic rings. The monoisotopic (exact) mass is 268 g/mol. The lowest BCUT2D eigenvalue weighted by molar-refractivity contribution is -0.121. The number of rotatable bonds is 8. The third-order valence-electron chi connectivity index (χ3n) is 4.16. The lowest BCUT2D eigenvalue weighted by Gasteiger charge is -2.31. The van der Waals surface area contributed by atoms with Gasteiger partial charge < -0.3 is 10.2 Å². The maximum absolute atomic E-state index is 11.6. The van der Waals surface area contributed by atoms with Gasteiger partial charge in [-0.15, -0.1) is 0 Å². The predicted molar refractivity (Wildman–Crippen MR) is 81.2 cm³/mol. The van der Waals surface area contributed by atoms with Crippen molar-refractivity contribution >= 4 is 5.91 Å². The van der Waals surface area contributed by atoms with Crippen molar-refractivity contribution in [3.63, 3.8) is 0 Å². The minimum atomic E-state index is 0.217. The number of amides is 1. The summed E-state index contributed by atoms with van der Waals surface area (Å²) in [5, 5.41) is 3.03. The van der Waals surface area contributed by atoms with Crippen molar-refractivity contribution in [3.05, 3.63) is 0 Å². The molecule has 0 aromatic heterocycles. The molecule has 1 rings (SSSR count). The minimum Gasteiger partial charge on any atom is -0.356 e. The fourth-order valence-electron chi connectivity index (χ4n) is 2.77. The molecule has 3 nitrogen and oxygen atoms in total. The molecule has 19 heavy (non-hydrogen) atoms. The van der Waals surface area contributed by atoms with Crippen molar-refractivity contribution in [2.24, 2.45) is 5.92 Å². The molecule has 0 unspecified atom stereocenters. The van der Waals surface area contributed by atoms with Crippen LogP contribution in [0.15, 0.2) is 0 Å². The highest BCUT2D eigenvalue weighted by Crippen LogP contribution is 2.21. The molecule has 0 atom stereocenters. The van der Waals surface area contributed by atoms with E-state index in [0.717, 1.165) is 32.0 Å². The van der Waals surface area contributed by atoms with Crippen LogP contribution in [0.4, 0.5) is 0 Å². The normalized spacial score (nSPS) is 17.1. The Hall–Kier alpha value is -0.570. The van der Waals surface area contributed by atoms with E-state index < -0.39 is 0 Å². The van der Waals surface area contributed by atoms with Gasteiger partial charge in [-0.3, -0.25) is 4.79 Å². The second-order valence-electron chi connectivity index (χ2n) is 6.41. The summed E-state index contributed by atoms with van der Waals surface area (Å²) in [7, 11) is 2.23. The van der Waals surface area contributed by atoms with Gasteiger partial charge in [-0.25, -0.2) is 0 Å². The Bertz CT molecular complexity index is 247. The highest BCUT2D eigenvalue weighted by molar-refractivity contribution is 5.75. The number of nitrogens with one attached hydrogen (secondary N) is 1. The molecular weight excluding hydrogens is 236 g/mol. The van der Waals surface area contributed by atoms with Crippen molar-refractivity contribution in [2.45, 2.75) is 71.3 Å². The molecule has 0 aromatic rings. The molecule has 1 N–H and O–H groups in total. The molecule has 0 aliphatic heterocycles. The van der Waals surface area contributed by atoms with Crippen LogP contribution in [0, 0.1) is 5.92 Å². The first kappa shape index (κ1) is 16.5. The fraction of sp³-hybridized carbons (Fsp3) is 0.938. The molecule has 1 aliphatic carbocycles. The summed E-state index contributed by atoms with van der Waals surface area (Å²) in [6.07, 6.45) is 9.65. The van der Waals surface area contributed by atoms with Crippen LogP contribution in [0.3, 0.4) is 0 Å². The lowest BCUT2D eigenvalue weighted by Crippen LogP contribution is -2.35. The summed E-state index contributed by atoms with van der Waals surface area (Å²) in [6, 6.07) is 0.783. The number of carbonyl (C=O) groups is 1. The highest BCUT2D eigenvalue weighted by atomic mass is 16.1. The first-order valence-electron chi connectivity index (χ1n) is 8.06. The van der Waals surface area contributed by atoms with E-state index in [1.807, 2.05) is 0 Å². The van der Waals surface area contributed by atoms with Gasteiger partial charge in [0.1, 0.15) is 0 Å². The summed E-state index contributed by atoms with van der Waals surface area (Å²) in [4.78, 5) is 14.1. The third-order valence-corrected chi connectivity index (χ3v) is 4.16. The molecule has 1 saturated carbocycles. The minimum absolute atomic E-state index is 0.217. The fourth-order valence-corrected chi connectivity index (χ4v) is 2.77. The highest BCUT2D eigenvalue weighted by Gasteiger charge is 2.17. The number of carbonyl (C=O) groups excluding carboxylic acids is 1. The van der Waals surface area contributed by atoms with E-state index in [0.29, 0.717) is 12.3 Å². The van der Waals surface area contributed by atoms with Gasteiger partial charge in [-0.1, -0.05) is 33.1 Å². The molecule has 1 fully saturated rings. The molecule has 112 valence electrons. The van der Waals surface area contributed by atoms with Crippen molar-refractivity contribution in [1.29, 1.82) is 0 Å². The Morgan fingerprint density at radius 2 is 1.95 bits per heavy atom. The van der Waals surface area contributed by atoms with Gasteiger partial charge in [-0.05, 0) is 45.2 Å². The Morgan fingerprint density at radius 1 is 1.26 bits per heavy atom. The maximum Gasteiger partial charge on any atom is 0.220 e. The predicted octanol–water partition coefficient (Wildman–Crippen LogP) is 3.19. The summed E-state index contributed by atoms with van der Waals surface area (Å²) >= 11 is 0. The van der Waals surface area contributed by atoms with Crippen LogP contribution in [0.25, 0.3) is 0 Å². The Morgan fingerprint density at radius 3 is 2.58 bits per heavy atom. The summed E-state index contributed by atoms with van der Waals surface area (Å²) in [5.41, 5.74) is 0. The Labute approximate surface area is 119 Å². The molecular formula is C16H32N2O. The van der Waals surface area contributed by atoms with Crippen LogP contribution < -0.4 is 5.32 Å². The van der Waals surface area contributed by atoms with Crippen molar-refractivity contribution in [3.8, 4) is 0 Å². The van der Waals surface area contributed by atoms with Gasteiger partial charge in [0, 0.05) is 19.0 Å². The van der Waals surface area contributed by atoms with Crippen molar-refractivity contribution in [2.75, 3.05) is 20.1 Å². The second kappa shape index (κ2) is 9.35. The molecule has 0 bridgehead atoms.